The molecule has 0 aliphatic heterocycles. The van der Waals surface area contributed by atoms with Crippen LogP contribution in [0.3, 0.4) is 0 Å². The molecular weight excluding hydrogens is 285 g/mol. The number of nitriles is 1. The van der Waals surface area contributed by atoms with E-state index in [0.717, 1.165) is 11.4 Å². The Balaban J connectivity index is 2.29. The van der Waals surface area contributed by atoms with Crippen LogP contribution >= 0.6 is 0 Å². The van der Waals surface area contributed by atoms with Gasteiger partial charge in [-0.3, -0.25) is 10.8 Å². The number of amidine groups is 1. The lowest BCUT2D eigenvalue weighted by molar-refractivity contribution is 0.608. The standard InChI is InChI=1S/C14H14FN7/c1-8-5-9(2)22(21-8)13-4-3-10(6-11(13)15)19-20-12(7-16)14(17)18/h3-6,19H,1-2H3,(H3,17,18)/b20-12+. The number of halogens is 1. The first-order valence-corrected chi connectivity index (χ1v) is 6.33. The van der Waals surface area contributed by atoms with E-state index >= 15 is 0 Å². The van der Waals surface area contributed by atoms with Gasteiger partial charge in [0.25, 0.3) is 0 Å². The zero-order chi connectivity index (χ0) is 16.3. The molecule has 0 bridgehead atoms. The van der Waals surface area contributed by atoms with E-state index in [1.165, 1.54) is 10.7 Å². The smallest absolute Gasteiger partial charge is 0.201 e. The van der Waals surface area contributed by atoms with Crippen LogP contribution in [-0.4, -0.2) is 21.3 Å². The van der Waals surface area contributed by atoms with Crippen molar-refractivity contribution in [3.63, 3.8) is 0 Å². The Morgan fingerprint density at radius 1 is 1.45 bits per heavy atom. The Labute approximate surface area is 126 Å². The summed E-state index contributed by atoms with van der Waals surface area (Å²) in [6.45, 7) is 3.67. The van der Waals surface area contributed by atoms with E-state index in [9.17, 15) is 4.39 Å². The highest BCUT2D eigenvalue weighted by Gasteiger charge is 2.10. The van der Waals surface area contributed by atoms with Crippen molar-refractivity contribution in [3.05, 3.63) is 41.5 Å². The Morgan fingerprint density at radius 3 is 2.68 bits per heavy atom. The number of benzene rings is 1. The first-order chi connectivity index (χ1) is 10.4. The van der Waals surface area contributed by atoms with Gasteiger partial charge >= 0.3 is 0 Å². The van der Waals surface area contributed by atoms with Crippen molar-refractivity contribution in [2.45, 2.75) is 13.8 Å². The van der Waals surface area contributed by atoms with Gasteiger partial charge in [0.1, 0.15) is 11.8 Å². The highest BCUT2D eigenvalue weighted by atomic mass is 19.1. The molecule has 0 unspecified atom stereocenters. The van der Waals surface area contributed by atoms with Gasteiger partial charge in [0.15, 0.2) is 11.7 Å². The molecule has 2 rings (SSSR count). The average molecular weight is 299 g/mol. The average Bonchev–Trinajstić information content (AvgIpc) is 2.78. The molecule has 1 heterocycles. The van der Waals surface area contributed by atoms with Gasteiger partial charge in [-0.1, -0.05) is 0 Å². The van der Waals surface area contributed by atoms with Crippen LogP contribution in [0.4, 0.5) is 10.1 Å². The fourth-order valence-corrected chi connectivity index (χ4v) is 1.89. The molecule has 0 saturated heterocycles. The molecule has 112 valence electrons. The molecule has 0 saturated carbocycles. The summed E-state index contributed by atoms with van der Waals surface area (Å²) in [5, 5.41) is 23.7. The molecule has 1 aromatic carbocycles. The third-order valence-electron chi connectivity index (χ3n) is 2.84. The highest BCUT2D eigenvalue weighted by Crippen LogP contribution is 2.19. The summed E-state index contributed by atoms with van der Waals surface area (Å²) in [7, 11) is 0. The minimum atomic E-state index is -0.493. The van der Waals surface area contributed by atoms with Gasteiger partial charge in [-0.15, -0.1) is 0 Å². The molecule has 0 amide bonds. The van der Waals surface area contributed by atoms with Crippen molar-refractivity contribution < 1.29 is 4.39 Å². The van der Waals surface area contributed by atoms with Crippen molar-refractivity contribution in [1.82, 2.24) is 9.78 Å². The zero-order valence-corrected chi connectivity index (χ0v) is 12.1. The minimum absolute atomic E-state index is 0.275. The normalized spacial score (nSPS) is 11.1. The topological polar surface area (TPSA) is 116 Å². The van der Waals surface area contributed by atoms with Crippen molar-refractivity contribution in [2.24, 2.45) is 10.8 Å². The number of nitrogens with one attached hydrogen (secondary N) is 2. The van der Waals surface area contributed by atoms with Crippen molar-refractivity contribution in [2.75, 3.05) is 5.43 Å². The molecule has 0 aliphatic carbocycles. The second-order valence-corrected chi connectivity index (χ2v) is 4.60. The van der Waals surface area contributed by atoms with Gasteiger partial charge in [0.2, 0.25) is 5.71 Å². The first kappa shape index (κ1) is 15.2. The van der Waals surface area contributed by atoms with E-state index in [1.54, 1.807) is 18.2 Å². The van der Waals surface area contributed by atoms with Crippen LogP contribution in [0, 0.1) is 36.4 Å². The first-order valence-electron chi connectivity index (χ1n) is 6.33. The summed E-state index contributed by atoms with van der Waals surface area (Å²) >= 11 is 0. The molecule has 7 nitrogen and oxygen atoms in total. The van der Waals surface area contributed by atoms with Gasteiger partial charge in [0.05, 0.1) is 11.4 Å². The number of aryl methyl sites for hydroxylation is 2. The Kier molecular flexibility index (Phi) is 4.18. The molecule has 4 N–H and O–H groups in total. The minimum Gasteiger partial charge on any atom is -0.382 e. The fourth-order valence-electron chi connectivity index (χ4n) is 1.89. The Hall–Kier alpha value is -3.21. The molecule has 0 fully saturated rings. The number of hydrogen-bond donors (Lipinski definition) is 3. The van der Waals surface area contributed by atoms with Crippen molar-refractivity contribution in [3.8, 4) is 11.8 Å². The van der Waals surface area contributed by atoms with Crippen molar-refractivity contribution in [1.29, 1.82) is 10.7 Å². The molecule has 0 aliphatic rings. The maximum absolute atomic E-state index is 14.2. The van der Waals surface area contributed by atoms with Crippen molar-refractivity contribution >= 4 is 17.2 Å². The van der Waals surface area contributed by atoms with Crippen LogP contribution < -0.4 is 11.2 Å². The van der Waals surface area contributed by atoms with E-state index in [1.807, 2.05) is 19.9 Å². The monoisotopic (exact) mass is 299 g/mol. The van der Waals surface area contributed by atoms with Crippen LogP contribution in [0.25, 0.3) is 5.69 Å². The third kappa shape index (κ3) is 3.09. The summed E-state index contributed by atoms with van der Waals surface area (Å²) in [4.78, 5) is 0. The van der Waals surface area contributed by atoms with Crippen LogP contribution in [0.15, 0.2) is 29.4 Å². The summed E-state index contributed by atoms with van der Waals surface area (Å²) in [5.74, 6) is -0.956. The highest BCUT2D eigenvalue weighted by molar-refractivity contribution is 6.45. The molecule has 0 atom stereocenters. The van der Waals surface area contributed by atoms with Crippen LogP contribution in [0.5, 0.6) is 0 Å². The Bertz CT molecular complexity index is 798. The summed E-state index contributed by atoms with van der Waals surface area (Å²) < 4.78 is 15.7. The van der Waals surface area contributed by atoms with E-state index < -0.39 is 11.7 Å². The van der Waals surface area contributed by atoms with Crippen LogP contribution in [-0.2, 0) is 0 Å². The largest absolute Gasteiger partial charge is 0.382 e. The summed E-state index contributed by atoms with van der Waals surface area (Å²) in [6, 6.07) is 7.88. The van der Waals surface area contributed by atoms with Gasteiger partial charge in [-0.05, 0) is 32.0 Å². The number of aromatic nitrogens is 2. The van der Waals surface area contributed by atoms with Gasteiger partial charge in [-0.2, -0.15) is 15.5 Å². The molecule has 22 heavy (non-hydrogen) atoms. The predicted molar refractivity (Wildman–Crippen MR) is 81.6 cm³/mol. The number of anilines is 1. The maximum Gasteiger partial charge on any atom is 0.201 e. The maximum atomic E-state index is 14.2. The van der Waals surface area contributed by atoms with Crippen LogP contribution in [0.2, 0.25) is 0 Å². The molecule has 0 spiro atoms. The van der Waals surface area contributed by atoms with E-state index in [4.69, 9.17) is 16.4 Å². The lowest BCUT2D eigenvalue weighted by Gasteiger charge is -2.08. The fraction of sp³-hybridized carbons (Fsp3) is 0.143. The third-order valence-corrected chi connectivity index (χ3v) is 2.84. The number of hydrazone groups is 1. The van der Waals surface area contributed by atoms with Gasteiger partial charge in [0, 0.05) is 11.8 Å². The number of hydrogen-bond acceptors (Lipinski definition) is 5. The van der Waals surface area contributed by atoms with E-state index in [0.29, 0.717) is 11.4 Å². The molecular formula is C14H14FN7. The van der Waals surface area contributed by atoms with E-state index in [2.05, 4.69) is 15.6 Å². The number of nitrogens with zero attached hydrogens (tertiary/aromatic N) is 4. The summed E-state index contributed by atoms with van der Waals surface area (Å²) in [6.07, 6.45) is 0. The molecule has 2 aromatic rings. The molecule has 1 aromatic heterocycles. The van der Waals surface area contributed by atoms with Crippen LogP contribution in [0.1, 0.15) is 11.4 Å². The lowest BCUT2D eigenvalue weighted by Crippen LogP contribution is -2.21. The zero-order valence-electron chi connectivity index (χ0n) is 12.1. The molecule has 0 radical (unpaired) electrons. The second kappa shape index (κ2) is 6.05. The van der Waals surface area contributed by atoms with Gasteiger partial charge < -0.3 is 5.73 Å². The van der Waals surface area contributed by atoms with Gasteiger partial charge in [-0.25, -0.2) is 9.07 Å². The summed E-state index contributed by atoms with van der Waals surface area (Å²) in [5.41, 5.74) is 9.64. The second-order valence-electron chi connectivity index (χ2n) is 4.60. The quantitative estimate of drug-likeness (QED) is 0.454. The molecule has 8 heteroatoms. The Morgan fingerprint density at radius 2 is 2.18 bits per heavy atom. The lowest BCUT2D eigenvalue weighted by atomic mass is 10.2. The van der Waals surface area contributed by atoms with E-state index in [-0.39, 0.29) is 5.71 Å². The SMILES string of the molecule is Cc1cc(C)n(-c2ccc(N/N=C(\C#N)C(=N)N)cc2F)n1. The predicted octanol–water partition coefficient (Wildman–Crippen LogP) is 1.86. The number of nitrogens with two attached hydrogens (primary N) is 1. The number of rotatable bonds is 4.